The standard InChI is InChI=1S/C13H19N3O2/c1-5-11(17)15-9-7-6-8-10(14-9)16-12(18)13(2,3)4/h6-8H,5H2,1-4H3,(H2,14,15,16,17,18). The zero-order chi connectivity index (χ0) is 13.8. The van der Waals surface area contributed by atoms with Gasteiger partial charge in [0.1, 0.15) is 11.6 Å². The largest absolute Gasteiger partial charge is 0.311 e. The molecule has 1 heterocycles. The number of nitrogens with zero attached hydrogens (tertiary/aromatic N) is 1. The molecule has 0 unspecified atom stereocenters. The number of pyridine rings is 1. The molecule has 0 fully saturated rings. The molecule has 0 aromatic carbocycles. The van der Waals surface area contributed by atoms with Crippen molar-refractivity contribution in [1.82, 2.24) is 4.98 Å². The summed E-state index contributed by atoms with van der Waals surface area (Å²) in [5.74, 6) is 0.646. The SMILES string of the molecule is CCC(=O)Nc1cccc(NC(=O)C(C)(C)C)n1. The van der Waals surface area contributed by atoms with Crippen LogP contribution in [-0.2, 0) is 9.59 Å². The first kappa shape index (κ1) is 14.2. The fraction of sp³-hybridized carbons (Fsp3) is 0.462. The Morgan fingerprint density at radius 3 is 2.22 bits per heavy atom. The molecule has 0 saturated heterocycles. The molecule has 1 rings (SSSR count). The molecule has 1 aromatic rings. The molecule has 0 bridgehead atoms. The van der Waals surface area contributed by atoms with Gasteiger partial charge in [-0.3, -0.25) is 9.59 Å². The first-order valence-corrected chi connectivity index (χ1v) is 5.91. The smallest absolute Gasteiger partial charge is 0.230 e. The van der Waals surface area contributed by atoms with Crippen LogP contribution >= 0.6 is 0 Å². The maximum Gasteiger partial charge on any atom is 0.230 e. The molecule has 5 heteroatoms. The van der Waals surface area contributed by atoms with Gasteiger partial charge in [0.25, 0.3) is 0 Å². The average molecular weight is 249 g/mol. The van der Waals surface area contributed by atoms with Gasteiger partial charge in [0, 0.05) is 11.8 Å². The summed E-state index contributed by atoms with van der Waals surface area (Å²) in [6.45, 7) is 7.24. The van der Waals surface area contributed by atoms with E-state index in [-0.39, 0.29) is 11.8 Å². The summed E-state index contributed by atoms with van der Waals surface area (Å²) in [6, 6.07) is 5.10. The third-order valence-corrected chi connectivity index (χ3v) is 2.26. The van der Waals surface area contributed by atoms with E-state index >= 15 is 0 Å². The molecule has 5 nitrogen and oxygen atoms in total. The quantitative estimate of drug-likeness (QED) is 0.864. The fourth-order valence-electron chi connectivity index (χ4n) is 1.11. The Balaban J connectivity index is 2.77. The highest BCUT2D eigenvalue weighted by molar-refractivity contribution is 5.94. The number of carbonyl (C=O) groups is 2. The molecule has 0 atom stereocenters. The second-order valence-electron chi connectivity index (χ2n) is 5.01. The van der Waals surface area contributed by atoms with Crippen LogP contribution in [0.15, 0.2) is 18.2 Å². The molecule has 0 saturated carbocycles. The van der Waals surface area contributed by atoms with Crippen LogP contribution in [0.25, 0.3) is 0 Å². The molecular formula is C13H19N3O2. The van der Waals surface area contributed by atoms with E-state index < -0.39 is 5.41 Å². The highest BCUT2D eigenvalue weighted by atomic mass is 16.2. The van der Waals surface area contributed by atoms with Crippen LogP contribution in [0.5, 0.6) is 0 Å². The van der Waals surface area contributed by atoms with Crippen LogP contribution in [0.2, 0.25) is 0 Å². The molecule has 0 aliphatic carbocycles. The Kier molecular flexibility index (Phi) is 4.42. The van der Waals surface area contributed by atoms with E-state index in [4.69, 9.17) is 0 Å². The molecule has 18 heavy (non-hydrogen) atoms. The monoisotopic (exact) mass is 249 g/mol. The number of carbonyl (C=O) groups excluding carboxylic acids is 2. The minimum absolute atomic E-state index is 0.109. The van der Waals surface area contributed by atoms with E-state index in [9.17, 15) is 9.59 Å². The first-order chi connectivity index (χ1) is 8.32. The van der Waals surface area contributed by atoms with Crippen LogP contribution in [0.3, 0.4) is 0 Å². The average Bonchev–Trinajstić information content (AvgIpc) is 2.28. The lowest BCUT2D eigenvalue weighted by molar-refractivity contribution is -0.123. The van der Waals surface area contributed by atoms with Crippen molar-refractivity contribution in [2.75, 3.05) is 10.6 Å². The summed E-state index contributed by atoms with van der Waals surface area (Å²) in [5.41, 5.74) is -0.482. The van der Waals surface area contributed by atoms with Crippen LogP contribution in [-0.4, -0.2) is 16.8 Å². The Morgan fingerprint density at radius 2 is 1.72 bits per heavy atom. The molecule has 0 aliphatic rings. The first-order valence-electron chi connectivity index (χ1n) is 5.91. The second-order valence-corrected chi connectivity index (χ2v) is 5.01. The van der Waals surface area contributed by atoms with E-state index in [1.54, 1.807) is 25.1 Å². The Labute approximate surface area is 107 Å². The van der Waals surface area contributed by atoms with Gasteiger partial charge in [-0.2, -0.15) is 0 Å². The number of hydrogen-bond donors (Lipinski definition) is 2. The molecule has 2 amide bonds. The van der Waals surface area contributed by atoms with E-state index in [0.29, 0.717) is 18.1 Å². The van der Waals surface area contributed by atoms with Crippen molar-refractivity contribution in [2.24, 2.45) is 5.41 Å². The Bertz CT molecular complexity index is 450. The van der Waals surface area contributed by atoms with E-state index in [0.717, 1.165) is 0 Å². The number of hydrogen-bond acceptors (Lipinski definition) is 3. The number of anilines is 2. The van der Waals surface area contributed by atoms with Crippen molar-refractivity contribution in [3.63, 3.8) is 0 Å². The molecule has 2 N–H and O–H groups in total. The van der Waals surface area contributed by atoms with Gasteiger partial charge in [0.2, 0.25) is 11.8 Å². The number of nitrogens with one attached hydrogen (secondary N) is 2. The molecule has 0 radical (unpaired) electrons. The molecular weight excluding hydrogens is 230 g/mol. The summed E-state index contributed by atoms with van der Waals surface area (Å²) >= 11 is 0. The van der Waals surface area contributed by atoms with Gasteiger partial charge in [-0.1, -0.05) is 33.8 Å². The topological polar surface area (TPSA) is 71.1 Å². The third kappa shape index (κ3) is 4.16. The van der Waals surface area contributed by atoms with Gasteiger partial charge in [0.15, 0.2) is 0 Å². The van der Waals surface area contributed by atoms with Crippen LogP contribution in [0.4, 0.5) is 11.6 Å². The van der Waals surface area contributed by atoms with Gasteiger partial charge >= 0.3 is 0 Å². The van der Waals surface area contributed by atoms with Crippen LogP contribution in [0.1, 0.15) is 34.1 Å². The summed E-state index contributed by atoms with van der Waals surface area (Å²) in [5, 5.41) is 5.35. The van der Waals surface area contributed by atoms with Crippen LogP contribution in [0, 0.1) is 5.41 Å². The third-order valence-electron chi connectivity index (χ3n) is 2.26. The lowest BCUT2D eigenvalue weighted by atomic mass is 9.96. The molecule has 98 valence electrons. The zero-order valence-corrected chi connectivity index (χ0v) is 11.2. The van der Waals surface area contributed by atoms with Gasteiger partial charge in [-0.15, -0.1) is 0 Å². The van der Waals surface area contributed by atoms with Crippen molar-refractivity contribution in [2.45, 2.75) is 34.1 Å². The van der Waals surface area contributed by atoms with Gasteiger partial charge in [-0.05, 0) is 12.1 Å². The van der Waals surface area contributed by atoms with Crippen molar-refractivity contribution in [3.8, 4) is 0 Å². The van der Waals surface area contributed by atoms with Crippen LogP contribution < -0.4 is 10.6 Å². The van der Waals surface area contributed by atoms with Gasteiger partial charge in [0.05, 0.1) is 0 Å². The van der Waals surface area contributed by atoms with Crippen molar-refractivity contribution in [1.29, 1.82) is 0 Å². The Hall–Kier alpha value is -1.91. The summed E-state index contributed by atoms with van der Waals surface area (Å²) < 4.78 is 0. The predicted octanol–water partition coefficient (Wildman–Crippen LogP) is 2.41. The lowest BCUT2D eigenvalue weighted by Crippen LogP contribution is -2.28. The van der Waals surface area contributed by atoms with E-state index in [2.05, 4.69) is 15.6 Å². The fourth-order valence-corrected chi connectivity index (χ4v) is 1.11. The molecule has 1 aromatic heterocycles. The number of aromatic nitrogens is 1. The molecule has 0 spiro atoms. The maximum absolute atomic E-state index is 11.8. The highest BCUT2D eigenvalue weighted by Gasteiger charge is 2.21. The summed E-state index contributed by atoms with van der Waals surface area (Å²) in [4.78, 5) is 27.2. The minimum Gasteiger partial charge on any atom is -0.311 e. The maximum atomic E-state index is 11.8. The molecule has 0 aliphatic heterocycles. The summed E-state index contributed by atoms with van der Waals surface area (Å²) in [7, 11) is 0. The predicted molar refractivity (Wildman–Crippen MR) is 71.2 cm³/mol. The van der Waals surface area contributed by atoms with Gasteiger partial charge in [-0.25, -0.2) is 4.98 Å². The van der Waals surface area contributed by atoms with Crippen molar-refractivity contribution < 1.29 is 9.59 Å². The highest BCUT2D eigenvalue weighted by Crippen LogP contribution is 2.17. The zero-order valence-electron chi connectivity index (χ0n) is 11.2. The number of rotatable bonds is 3. The van der Waals surface area contributed by atoms with Gasteiger partial charge < -0.3 is 10.6 Å². The Morgan fingerprint density at radius 1 is 1.17 bits per heavy atom. The van der Waals surface area contributed by atoms with Crippen molar-refractivity contribution >= 4 is 23.5 Å². The lowest BCUT2D eigenvalue weighted by Gasteiger charge is -2.17. The van der Waals surface area contributed by atoms with Crippen molar-refractivity contribution in [3.05, 3.63) is 18.2 Å². The normalized spacial score (nSPS) is 10.9. The minimum atomic E-state index is -0.482. The second kappa shape index (κ2) is 5.62. The van der Waals surface area contributed by atoms with E-state index in [1.807, 2.05) is 20.8 Å². The number of amides is 2. The van der Waals surface area contributed by atoms with E-state index in [1.165, 1.54) is 0 Å². The summed E-state index contributed by atoms with van der Waals surface area (Å²) in [6.07, 6.45) is 0.389.